The maximum atomic E-state index is 13.0. The van der Waals surface area contributed by atoms with E-state index in [0.717, 1.165) is 17.7 Å². The van der Waals surface area contributed by atoms with Crippen molar-refractivity contribution in [3.63, 3.8) is 0 Å². The number of nitrogens with zero attached hydrogens (tertiary/aromatic N) is 2. The van der Waals surface area contributed by atoms with Crippen LogP contribution in [-0.2, 0) is 17.0 Å². The van der Waals surface area contributed by atoms with Crippen molar-refractivity contribution in [3.8, 4) is 0 Å². The molecule has 0 saturated carbocycles. The fraction of sp³-hybridized carbons (Fsp3) is 0.400. The van der Waals surface area contributed by atoms with E-state index >= 15 is 0 Å². The molecule has 0 aliphatic rings. The molecular formula is C20H21F3N2O4. The van der Waals surface area contributed by atoms with E-state index in [2.05, 4.69) is 0 Å². The molecule has 0 N–H and O–H groups in total. The number of halogens is 3. The summed E-state index contributed by atoms with van der Waals surface area (Å²) in [5, 5.41) is 22.3. The van der Waals surface area contributed by atoms with Crippen LogP contribution in [0.4, 0.5) is 24.5 Å². The van der Waals surface area contributed by atoms with Crippen molar-refractivity contribution >= 4 is 11.4 Å². The molecule has 0 saturated heterocycles. The van der Waals surface area contributed by atoms with Crippen LogP contribution in [0.15, 0.2) is 42.5 Å². The molecule has 0 amide bonds. The van der Waals surface area contributed by atoms with Crippen LogP contribution in [0, 0.1) is 20.2 Å². The predicted octanol–water partition coefficient (Wildman–Crippen LogP) is 6.17. The van der Waals surface area contributed by atoms with Gasteiger partial charge in [0.25, 0.3) is 11.4 Å². The first-order valence-corrected chi connectivity index (χ1v) is 8.76. The van der Waals surface area contributed by atoms with Gasteiger partial charge in [-0.2, -0.15) is 13.2 Å². The Kier molecular flexibility index (Phi) is 5.74. The topological polar surface area (TPSA) is 86.3 Å². The second-order valence-corrected chi connectivity index (χ2v) is 8.24. The first-order chi connectivity index (χ1) is 13.1. The lowest BCUT2D eigenvalue weighted by Crippen LogP contribution is -2.30. The fourth-order valence-electron chi connectivity index (χ4n) is 3.77. The van der Waals surface area contributed by atoms with Gasteiger partial charge >= 0.3 is 6.18 Å². The van der Waals surface area contributed by atoms with E-state index in [0.29, 0.717) is 12.5 Å². The molecule has 9 heteroatoms. The summed E-state index contributed by atoms with van der Waals surface area (Å²) in [5.41, 5.74) is -2.10. The van der Waals surface area contributed by atoms with Gasteiger partial charge in [-0.05, 0) is 28.9 Å². The van der Waals surface area contributed by atoms with Gasteiger partial charge in [-0.3, -0.25) is 20.2 Å². The molecule has 0 aliphatic heterocycles. The first kappa shape index (κ1) is 22.3. The highest BCUT2D eigenvalue weighted by Crippen LogP contribution is 2.43. The molecular weight excluding hydrogens is 389 g/mol. The Morgan fingerprint density at radius 1 is 0.793 bits per heavy atom. The lowest BCUT2D eigenvalue weighted by Gasteiger charge is -2.35. The third kappa shape index (κ3) is 4.90. The molecule has 2 rings (SSSR count). The highest BCUT2D eigenvalue weighted by atomic mass is 19.4. The Morgan fingerprint density at radius 3 is 1.76 bits per heavy atom. The molecule has 0 radical (unpaired) electrons. The number of rotatable bonds is 6. The summed E-state index contributed by atoms with van der Waals surface area (Å²) in [6.07, 6.45) is -4.31. The van der Waals surface area contributed by atoms with E-state index in [1.807, 2.05) is 13.8 Å². The minimum absolute atomic E-state index is 0.0535. The van der Waals surface area contributed by atoms with Crippen LogP contribution in [0.2, 0.25) is 0 Å². The molecule has 2 aromatic carbocycles. The van der Waals surface area contributed by atoms with Crippen LogP contribution in [0.3, 0.4) is 0 Å². The van der Waals surface area contributed by atoms with Gasteiger partial charge in [-0.1, -0.05) is 45.9 Å². The summed E-state index contributed by atoms with van der Waals surface area (Å²) in [5.74, 6) is 0. The molecule has 6 nitrogen and oxygen atoms in total. The van der Waals surface area contributed by atoms with Crippen LogP contribution < -0.4 is 0 Å². The lowest BCUT2D eigenvalue weighted by atomic mass is 9.68. The van der Waals surface area contributed by atoms with E-state index in [1.54, 1.807) is 26.0 Å². The fourth-order valence-corrected chi connectivity index (χ4v) is 3.77. The number of hydrogen-bond donors (Lipinski definition) is 0. The van der Waals surface area contributed by atoms with Crippen LogP contribution in [0.25, 0.3) is 0 Å². The molecule has 0 atom stereocenters. The van der Waals surface area contributed by atoms with Gasteiger partial charge in [0.15, 0.2) is 0 Å². The third-order valence-electron chi connectivity index (χ3n) is 4.99. The van der Waals surface area contributed by atoms with Gasteiger partial charge in [0.1, 0.15) is 0 Å². The Hall–Kier alpha value is -2.97. The van der Waals surface area contributed by atoms with Crippen molar-refractivity contribution in [3.05, 3.63) is 79.4 Å². The Morgan fingerprint density at radius 2 is 1.31 bits per heavy atom. The van der Waals surface area contributed by atoms with Crippen molar-refractivity contribution < 1.29 is 23.0 Å². The van der Waals surface area contributed by atoms with Gasteiger partial charge < -0.3 is 0 Å². The van der Waals surface area contributed by atoms with Crippen molar-refractivity contribution in [2.75, 3.05) is 0 Å². The standard InChI is InChI=1S/C20H21F3N2O4/c1-18(2,13-5-8-15(9-6-13)24(26)27)12-19(3,4)16-10-7-14(20(21,22)23)11-17(16)25(28)29/h5-11H,12H2,1-4H3. The molecule has 0 aliphatic carbocycles. The summed E-state index contributed by atoms with van der Waals surface area (Å²) in [6, 6.07) is 8.58. The SMILES string of the molecule is CC(C)(CC(C)(C)c1ccc(C(F)(F)F)cc1[N+](=O)[O-])c1ccc([N+](=O)[O-])cc1. The highest BCUT2D eigenvalue weighted by molar-refractivity contribution is 5.48. The summed E-state index contributed by atoms with van der Waals surface area (Å²) in [7, 11) is 0. The summed E-state index contributed by atoms with van der Waals surface area (Å²) < 4.78 is 38.9. The van der Waals surface area contributed by atoms with Gasteiger partial charge in [0, 0.05) is 23.8 Å². The number of alkyl halides is 3. The van der Waals surface area contributed by atoms with Crippen LogP contribution in [0.1, 0.15) is 50.8 Å². The summed E-state index contributed by atoms with van der Waals surface area (Å²) in [4.78, 5) is 21.0. The summed E-state index contributed by atoms with van der Waals surface area (Å²) >= 11 is 0. The van der Waals surface area contributed by atoms with Crippen molar-refractivity contribution in [2.24, 2.45) is 0 Å². The van der Waals surface area contributed by atoms with Crippen molar-refractivity contribution in [2.45, 2.75) is 51.1 Å². The molecule has 156 valence electrons. The quantitative estimate of drug-likeness (QED) is 0.421. The monoisotopic (exact) mass is 410 g/mol. The van der Waals surface area contributed by atoms with Gasteiger partial charge in [-0.15, -0.1) is 0 Å². The normalized spacial score (nSPS) is 12.7. The number of nitro benzene ring substituents is 2. The molecule has 0 bridgehead atoms. The molecule has 0 aromatic heterocycles. The molecule has 0 fully saturated rings. The molecule has 0 spiro atoms. The maximum Gasteiger partial charge on any atom is 0.416 e. The van der Waals surface area contributed by atoms with E-state index in [9.17, 15) is 33.4 Å². The average Bonchev–Trinajstić information content (AvgIpc) is 2.59. The maximum absolute atomic E-state index is 13.0. The van der Waals surface area contributed by atoms with Gasteiger partial charge in [-0.25, -0.2) is 0 Å². The van der Waals surface area contributed by atoms with Crippen LogP contribution in [-0.4, -0.2) is 9.85 Å². The average molecular weight is 410 g/mol. The van der Waals surface area contributed by atoms with E-state index in [4.69, 9.17) is 0 Å². The molecule has 29 heavy (non-hydrogen) atoms. The second-order valence-electron chi connectivity index (χ2n) is 8.24. The second kappa shape index (κ2) is 7.46. The third-order valence-corrected chi connectivity index (χ3v) is 4.99. The minimum Gasteiger partial charge on any atom is -0.258 e. The Bertz CT molecular complexity index is 936. The van der Waals surface area contributed by atoms with E-state index < -0.39 is 38.1 Å². The zero-order chi connectivity index (χ0) is 22.2. The van der Waals surface area contributed by atoms with E-state index in [-0.39, 0.29) is 11.3 Å². The van der Waals surface area contributed by atoms with Crippen molar-refractivity contribution in [1.82, 2.24) is 0 Å². The Labute approximate surface area is 165 Å². The number of nitro groups is 2. The molecule has 0 heterocycles. The minimum atomic E-state index is -4.68. The number of non-ortho nitro benzene ring substituents is 1. The largest absolute Gasteiger partial charge is 0.416 e. The highest BCUT2D eigenvalue weighted by Gasteiger charge is 2.38. The van der Waals surface area contributed by atoms with Crippen molar-refractivity contribution in [1.29, 1.82) is 0 Å². The van der Waals surface area contributed by atoms with E-state index in [1.165, 1.54) is 12.1 Å². The smallest absolute Gasteiger partial charge is 0.258 e. The first-order valence-electron chi connectivity index (χ1n) is 8.76. The zero-order valence-corrected chi connectivity index (χ0v) is 16.4. The van der Waals surface area contributed by atoms with Crippen LogP contribution in [0.5, 0.6) is 0 Å². The molecule has 2 aromatic rings. The molecule has 0 unspecified atom stereocenters. The predicted molar refractivity (Wildman–Crippen MR) is 102 cm³/mol. The Balaban J connectivity index is 2.43. The van der Waals surface area contributed by atoms with Gasteiger partial charge in [0.05, 0.1) is 15.4 Å². The van der Waals surface area contributed by atoms with Crippen LogP contribution >= 0.6 is 0 Å². The lowest BCUT2D eigenvalue weighted by molar-refractivity contribution is -0.386. The van der Waals surface area contributed by atoms with Gasteiger partial charge in [0.2, 0.25) is 0 Å². The zero-order valence-electron chi connectivity index (χ0n) is 16.4. The number of benzene rings is 2. The summed E-state index contributed by atoms with van der Waals surface area (Å²) in [6.45, 7) is 7.23. The number of hydrogen-bond acceptors (Lipinski definition) is 4.